The minimum atomic E-state index is 0.879. The van der Waals surface area contributed by atoms with E-state index in [0.717, 1.165) is 5.92 Å². The van der Waals surface area contributed by atoms with Crippen molar-refractivity contribution in [1.29, 1.82) is 0 Å². The molecule has 1 aromatic heterocycles. The lowest BCUT2D eigenvalue weighted by Gasteiger charge is -2.28. The summed E-state index contributed by atoms with van der Waals surface area (Å²) in [5.74, 6) is 0.879. The van der Waals surface area contributed by atoms with Gasteiger partial charge in [-0.15, -0.1) is 11.3 Å². The highest BCUT2D eigenvalue weighted by Crippen LogP contribution is 2.37. The van der Waals surface area contributed by atoms with Crippen molar-refractivity contribution in [1.82, 2.24) is 4.90 Å². The van der Waals surface area contributed by atoms with Crippen LogP contribution in [0.1, 0.15) is 61.3 Å². The van der Waals surface area contributed by atoms with Crippen LogP contribution in [-0.2, 0) is 6.42 Å². The van der Waals surface area contributed by atoms with E-state index in [9.17, 15) is 0 Å². The molecule has 0 bridgehead atoms. The summed E-state index contributed by atoms with van der Waals surface area (Å²) < 4.78 is 0. The summed E-state index contributed by atoms with van der Waals surface area (Å²) in [7, 11) is 0. The second-order valence-corrected chi connectivity index (χ2v) is 6.93. The van der Waals surface area contributed by atoms with E-state index in [1.54, 1.807) is 10.4 Å². The van der Waals surface area contributed by atoms with Gasteiger partial charge in [-0.1, -0.05) is 6.42 Å². The van der Waals surface area contributed by atoms with Gasteiger partial charge in [-0.05, 0) is 87.5 Å². The molecule has 1 unspecified atom stereocenters. The van der Waals surface area contributed by atoms with E-state index in [0.29, 0.717) is 0 Å². The van der Waals surface area contributed by atoms with Crippen LogP contribution in [0.15, 0.2) is 11.4 Å². The van der Waals surface area contributed by atoms with Crippen LogP contribution < -0.4 is 0 Å². The van der Waals surface area contributed by atoms with Gasteiger partial charge in [-0.2, -0.15) is 0 Å². The molecule has 18 heavy (non-hydrogen) atoms. The molecule has 1 aliphatic heterocycles. The van der Waals surface area contributed by atoms with Gasteiger partial charge in [0.2, 0.25) is 0 Å². The SMILES string of the molecule is c1cc2c(s1)CCCC2CCCN1CCCCC1. The Morgan fingerprint density at radius 1 is 1.17 bits per heavy atom. The molecule has 100 valence electrons. The summed E-state index contributed by atoms with van der Waals surface area (Å²) >= 11 is 1.98. The maximum atomic E-state index is 2.68. The average Bonchev–Trinajstić information content (AvgIpc) is 2.89. The second kappa shape index (κ2) is 6.21. The Morgan fingerprint density at radius 3 is 2.94 bits per heavy atom. The molecule has 1 atom stereocenters. The van der Waals surface area contributed by atoms with Crippen LogP contribution in [0.5, 0.6) is 0 Å². The standard InChI is InChI=1S/C16H25NS/c1-2-10-17(11-3-1)12-5-7-14-6-4-8-16-15(14)9-13-18-16/h9,13-14H,1-8,10-12H2. The Kier molecular flexibility index (Phi) is 4.37. The minimum Gasteiger partial charge on any atom is -0.303 e. The fourth-order valence-electron chi connectivity index (χ4n) is 3.63. The van der Waals surface area contributed by atoms with E-state index < -0.39 is 0 Å². The van der Waals surface area contributed by atoms with E-state index in [1.165, 1.54) is 71.0 Å². The molecule has 1 aromatic rings. The molecule has 0 N–H and O–H groups in total. The molecule has 1 saturated heterocycles. The fraction of sp³-hybridized carbons (Fsp3) is 0.750. The molecule has 1 fully saturated rings. The number of hydrogen-bond acceptors (Lipinski definition) is 2. The lowest BCUT2D eigenvalue weighted by Crippen LogP contribution is -2.30. The number of nitrogens with zero attached hydrogens (tertiary/aromatic N) is 1. The second-order valence-electron chi connectivity index (χ2n) is 5.93. The van der Waals surface area contributed by atoms with E-state index >= 15 is 0 Å². The van der Waals surface area contributed by atoms with Crippen molar-refractivity contribution >= 4 is 11.3 Å². The van der Waals surface area contributed by atoms with Crippen LogP contribution in [0.4, 0.5) is 0 Å². The Balaban J connectivity index is 1.46. The van der Waals surface area contributed by atoms with Gasteiger partial charge < -0.3 is 4.90 Å². The monoisotopic (exact) mass is 263 g/mol. The minimum absolute atomic E-state index is 0.879. The molecule has 0 amide bonds. The van der Waals surface area contributed by atoms with Gasteiger partial charge in [0.25, 0.3) is 0 Å². The van der Waals surface area contributed by atoms with Crippen LogP contribution in [0.2, 0.25) is 0 Å². The molecule has 0 aromatic carbocycles. The number of piperidine rings is 1. The van der Waals surface area contributed by atoms with Crippen molar-refractivity contribution < 1.29 is 0 Å². The topological polar surface area (TPSA) is 3.24 Å². The fourth-order valence-corrected chi connectivity index (χ4v) is 4.64. The molecule has 0 saturated carbocycles. The first-order valence-electron chi connectivity index (χ1n) is 7.72. The Labute approximate surface area is 115 Å². The van der Waals surface area contributed by atoms with Gasteiger partial charge in [0.1, 0.15) is 0 Å². The number of rotatable bonds is 4. The summed E-state index contributed by atoms with van der Waals surface area (Å²) in [6.45, 7) is 4.05. The molecule has 2 heterocycles. The Bertz CT molecular complexity index is 365. The maximum absolute atomic E-state index is 2.68. The van der Waals surface area contributed by atoms with Crippen LogP contribution >= 0.6 is 11.3 Å². The summed E-state index contributed by atoms with van der Waals surface area (Å²) in [5.41, 5.74) is 1.70. The zero-order valence-electron chi connectivity index (χ0n) is 11.4. The van der Waals surface area contributed by atoms with E-state index in [2.05, 4.69) is 16.3 Å². The van der Waals surface area contributed by atoms with Gasteiger partial charge in [0.05, 0.1) is 0 Å². The highest BCUT2D eigenvalue weighted by molar-refractivity contribution is 7.10. The van der Waals surface area contributed by atoms with E-state index in [1.807, 2.05) is 11.3 Å². The van der Waals surface area contributed by atoms with Crippen LogP contribution in [0.3, 0.4) is 0 Å². The number of hydrogen-bond donors (Lipinski definition) is 0. The Morgan fingerprint density at radius 2 is 2.06 bits per heavy atom. The van der Waals surface area contributed by atoms with Crippen molar-refractivity contribution in [2.45, 2.75) is 57.3 Å². The molecular formula is C16H25NS. The molecule has 0 radical (unpaired) electrons. The van der Waals surface area contributed by atoms with Gasteiger partial charge in [0.15, 0.2) is 0 Å². The zero-order chi connectivity index (χ0) is 12.2. The quantitative estimate of drug-likeness (QED) is 0.776. The van der Waals surface area contributed by atoms with Gasteiger partial charge in [-0.25, -0.2) is 0 Å². The number of thiophene rings is 1. The lowest BCUT2D eigenvalue weighted by atomic mass is 9.84. The largest absolute Gasteiger partial charge is 0.303 e. The summed E-state index contributed by atoms with van der Waals surface area (Å²) in [6, 6.07) is 2.39. The van der Waals surface area contributed by atoms with Gasteiger partial charge in [0, 0.05) is 4.88 Å². The third kappa shape index (κ3) is 2.97. The number of fused-ring (bicyclic) bond motifs is 1. The average molecular weight is 263 g/mol. The predicted molar refractivity (Wildman–Crippen MR) is 79.5 cm³/mol. The van der Waals surface area contributed by atoms with E-state index in [-0.39, 0.29) is 0 Å². The Hall–Kier alpha value is -0.340. The van der Waals surface area contributed by atoms with Crippen molar-refractivity contribution in [3.8, 4) is 0 Å². The van der Waals surface area contributed by atoms with Crippen LogP contribution in [0.25, 0.3) is 0 Å². The molecule has 1 aliphatic carbocycles. The predicted octanol–water partition coefficient (Wildman–Crippen LogP) is 4.43. The van der Waals surface area contributed by atoms with Crippen molar-refractivity contribution in [2.24, 2.45) is 0 Å². The smallest absolute Gasteiger partial charge is 0.00800 e. The third-order valence-corrected chi connectivity index (χ3v) is 5.65. The normalized spacial score (nSPS) is 25.0. The molecule has 3 rings (SSSR count). The lowest BCUT2D eigenvalue weighted by molar-refractivity contribution is 0.222. The first-order chi connectivity index (χ1) is 8.93. The first kappa shape index (κ1) is 12.7. The van der Waals surface area contributed by atoms with E-state index in [4.69, 9.17) is 0 Å². The van der Waals surface area contributed by atoms with Crippen LogP contribution in [0, 0.1) is 0 Å². The van der Waals surface area contributed by atoms with Crippen molar-refractivity contribution in [3.63, 3.8) is 0 Å². The van der Waals surface area contributed by atoms with Crippen molar-refractivity contribution in [2.75, 3.05) is 19.6 Å². The van der Waals surface area contributed by atoms with Crippen LogP contribution in [-0.4, -0.2) is 24.5 Å². The molecular weight excluding hydrogens is 238 g/mol. The van der Waals surface area contributed by atoms with Gasteiger partial charge in [-0.3, -0.25) is 0 Å². The summed E-state index contributed by atoms with van der Waals surface area (Å²) in [4.78, 5) is 4.37. The highest BCUT2D eigenvalue weighted by atomic mass is 32.1. The number of aryl methyl sites for hydroxylation is 1. The molecule has 2 aliphatic rings. The van der Waals surface area contributed by atoms with Gasteiger partial charge >= 0.3 is 0 Å². The molecule has 0 spiro atoms. The first-order valence-corrected chi connectivity index (χ1v) is 8.60. The zero-order valence-corrected chi connectivity index (χ0v) is 12.2. The number of likely N-dealkylation sites (tertiary alicyclic amines) is 1. The molecule has 1 nitrogen and oxygen atoms in total. The summed E-state index contributed by atoms with van der Waals surface area (Å²) in [5, 5.41) is 2.30. The maximum Gasteiger partial charge on any atom is 0.00800 e. The highest BCUT2D eigenvalue weighted by Gasteiger charge is 2.21. The molecule has 2 heteroatoms. The van der Waals surface area contributed by atoms with Crippen molar-refractivity contribution in [3.05, 3.63) is 21.9 Å². The summed E-state index contributed by atoms with van der Waals surface area (Å²) in [6.07, 6.45) is 11.3. The third-order valence-electron chi connectivity index (χ3n) is 4.65.